The van der Waals surface area contributed by atoms with E-state index in [1.807, 2.05) is 18.2 Å². The predicted octanol–water partition coefficient (Wildman–Crippen LogP) is 1.16. The van der Waals surface area contributed by atoms with Crippen LogP contribution >= 0.6 is 0 Å². The monoisotopic (exact) mass is 338 g/mol. The molecule has 5 heteroatoms. The van der Waals surface area contributed by atoms with Crippen LogP contribution in [-0.4, -0.2) is 56.8 Å². The van der Waals surface area contributed by atoms with Gasteiger partial charge in [0.1, 0.15) is 11.7 Å². The number of aromatic amines is 1. The van der Waals surface area contributed by atoms with E-state index in [4.69, 9.17) is 0 Å². The second kappa shape index (κ2) is 7.54. The van der Waals surface area contributed by atoms with Crippen LogP contribution in [0, 0.1) is 11.8 Å². The minimum Gasteiger partial charge on any atom is -0.373 e. The van der Waals surface area contributed by atoms with E-state index in [1.54, 1.807) is 6.08 Å². The van der Waals surface area contributed by atoms with Gasteiger partial charge in [-0.15, -0.1) is 0 Å². The fraction of sp³-hybridized carbons (Fsp3) is 0.350. The third kappa shape index (κ3) is 4.49. The standard InChI is InChI=1S/C20H23FN4/c1-24(2)10-11-25(3)19-8-5-15(6-9-19)4-7-18-13-16-12-17(21)14-22-20(16)23-18/h5-6,8-9,12-13,17H,10-11,14H2,1-3H3,(H,22,23). The Labute approximate surface area is 147 Å². The molecule has 2 heterocycles. The topological polar surface area (TPSA) is 34.6 Å². The lowest BCUT2D eigenvalue weighted by Gasteiger charge is -2.21. The first kappa shape index (κ1) is 17.2. The Hall–Kier alpha value is -2.58. The molecule has 1 unspecified atom stereocenters. The Morgan fingerprint density at radius 1 is 1.16 bits per heavy atom. The summed E-state index contributed by atoms with van der Waals surface area (Å²) in [6.45, 7) is 2.17. The van der Waals surface area contributed by atoms with E-state index in [-0.39, 0.29) is 6.54 Å². The van der Waals surface area contributed by atoms with Gasteiger partial charge in [-0.25, -0.2) is 4.39 Å². The lowest BCUT2D eigenvalue weighted by Crippen LogP contribution is -2.30. The Balaban J connectivity index is 1.71. The zero-order valence-electron chi connectivity index (χ0n) is 14.9. The van der Waals surface area contributed by atoms with Gasteiger partial charge in [0.2, 0.25) is 0 Å². The van der Waals surface area contributed by atoms with E-state index in [1.165, 1.54) is 5.69 Å². The van der Waals surface area contributed by atoms with E-state index in [2.05, 4.69) is 64.9 Å². The third-order valence-corrected chi connectivity index (χ3v) is 4.14. The van der Waals surface area contributed by atoms with Crippen molar-refractivity contribution in [2.75, 3.05) is 45.7 Å². The van der Waals surface area contributed by atoms with E-state index < -0.39 is 6.17 Å². The summed E-state index contributed by atoms with van der Waals surface area (Å²) in [7, 11) is 6.24. The van der Waals surface area contributed by atoms with Crippen LogP contribution in [-0.2, 0) is 0 Å². The number of fused-ring (bicyclic) bond motifs is 1. The highest BCUT2D eigenvalue weighted by Crippen LogP contribution is 2.13. The average Bonchev–Trinajstić information content (AvgIpc) is 3.00. The Kier molecular flexibility index (Phi) is 5.20. The molecule has 0 radical (unpaired) electrons. The van der Waals surface area contributed by atoms with E-state index >= 15 is 0 Å². The molecule has 1 aromatic heterocycles. The largest absolute Gasteiger partial charge is 0.373 e. The first-order valence-corrected chi connectivity index (χ1v) is 8.38. The van der Waals surface area contributed by atoms with Crippen molar-refractivity contribution in [1.29, 1.82) is 0 Å². The van der Waals surface area contributed by atoms with Crippen molar-refractivity contribution in [2.45, 2.75) is 6.17 Å². The van der Waals surface area contributed by atoms with Crippen LogP contribution in [0.15, 0.2) is 35.3 Å². The van der Waals surface area contributed by atoms with Gasteiger partial charge in [0, 0.05) is 36.6 Å². The van der Waals surface area contributed by atoms with E-state index in [0.717, 1.165) is 35.1 Å². The minimum absolute atomic E-state index is 0.184. The highest BCUT2D eigenvalue weighted by molar-refractivity contribution is 5.51. The lowest BCUT2D eigenvalue weighted by molar-refractivity contribution is 0.416. The first-order chi connectivity index (χ1) is 12.0. The number of benzene rings is 1. The molecule has 0 fully saturated rings. The van der Waals surface area contributed by atoms with Crippen LogP contribution in [0.1, 0.15) is 11.3 Å². The summed E-state index contributed by atoms with van der Waals surface area (Å²) in [6, 6.07) is 10.0. The molecule has 0 amide bonds. The van der Waals surface area contributed by atoms with Crippen LogP contribution < -0.4 is 15.6 Å². The van der Waals surface area contributed by atoms with Gasteiger partial charge in [0.05, 0.1) is 12.2 Å². The molecule has 2 aromatic rings. The molecule has 1 N–H and O–H groups in total. The average molecular weight is 338 g/mol. The molecule has 1 aliphatic rings. The molecular weight excluding hydrogens is 315 g/mol. The lowest BCUT2D eigenvalue weighted by atomic mass is 10.2. The Morgan fingerprint density at radius 2 is 1.92 bits per heavy atom. The van der Waals surface area contributed by atoms with Gasteiger partial charge in [-0.3, -0.25) is 4.99 Å². The maximum atomic E-state index is 13.3. The number of H-pyrrole nitrogens is 1. The Bertz CT molecular complexity index is 900. The van der Waals surface area contributed by atoms with Gasteiger partial charge < -0.3 is 14.8 Å². The van der Waals surface area contributed by atoms with E-state index in [9.17, 15) is 4.39 Å². The summed E-state index contributed by atoms with van der Waals surface area (Å²) >= 11 is 0. The van der Waals surface area contributed by atoms with Crippen molar-refractivity contribution >= 4 is 11.8 Å². The van der Waals surface area contributed by atoms with Gasteiger partial charge >= 0.3 is 0 Å². The first-order valence-electron chi connectivity index (χ1n) is 8.38. The summed E-state index contributed by atoms with van der Waals surface area (Å²) < 4.78 is 13.3. The van der Waals surface area contributed by atoms with Crippen LogP contribution in [0.3, 0.4) is 0 Å². The molecule has 0 saturated heterocycles. The van der Waals surface area contributed by atoms with Crippen LogP contribution in [0.4, 0.5) is 10.1 Å². The zero-order valence-corrected chi connectivity index (χ0v) is 14.9. The molecule has 0 aliphatic carbocycles. The smallest absolute Gasteiger partial charge is 0.139 e. The Morgan fingerprint density at radius 3 is 2.64 bits per heavy atom. The zero-order chi connectivity index (χ0) is 17.8. The number of hydrogen-bond donors (Lipinski definition) is 1. The molecule has 25 heavy (non-hydrogen) atoms. The maximum absolute atomic E-state index is 13.3. The van der Waals surface area contributed by atoms with Crippen LogP contribution in [0.25, 0.3) is 6.08 Å². The van der Waals surface area contributed by atoms with E-state index in [0.29, 0.717) is 0 Å². The number of likely N-dealkylation sites (N-methyl/N-ethyl adjacent to an activating group) is 2. The number of rotatable bonds is 4. The van der Waals surface area contributed by atoms with Crippen LogP contribution in [0.5, 0.6) is 0 Å². The molecule has 0 spiro atoms. The maximum Gasteiger partial charge on any atom is 0.139 e. The van der Waals surface area contributed by atoms with Crippen molar-refractivity contribution in [3.05, 3.63) is 52.3 Å². The summed E-state index contributed by atoms with van der Waals surface area (Å²) in [5.41, 5.74) is 3.59. The summed E-state index contributed by atoms with van der Waals surface area (Å²) in [5, 5.41) is 0.793. The molecular formula is C20H23FN4. The molecule has 1 atom stereocenters. The fourth-order valence-corrected chi connectivity index (χ4v) is 2.63. The highest BCUT2D eigenvalue weighted by atomic mass is 19.1. The van der Waals surface area contributed by atoms with Gasteiger partial charge in [0.15, 0.2) is 0 Å². The number of hydrogen-bond acceptors (Lipinski definition) is 3. The number of aromatic nitrogens is 1. The molecule has 1 aliphatic heterocycles. The van der Waals surface area contributed by atoms with Crippen molar-refractivity contribution in [1.82, 2.24) is 9.88 Å². The number of anilines is 1. The highest BCUT2D eigenvalue weighted by Gasteiger charge is 2.07. The number of alkyl halides is 1. The van der Waals surface area contributed by atoms with Crippen molar-refractivity contribution in [3.63, 3.8) is 0 Å². The van der Waals surface area contributed by atoms with Crippen molar-refractivity contribution in [2.24, 2.45) is 4.99 Å². The molecule has 130 valence electrons. The summed E-state index contributed by atoms with van der Waals surface area (Å²) in [5.74, 6) is 6.23. The SMILES string of the molecule is CN(C)CCN(C)c1ccc(C#Cc2cc3c([nH]2)=NCC(F)C=3)cc1. The van der Waals surface area contributed by atoms with Crippen molar-refractivity contribution < 1.29 is 4.39 Å². The molecule has 0 saturated carbocycles. The second-order valence-electron chi connectivity index (χ2n) is 6.53. The quantitative estimate of drug-likeness (QED) is 0.849. The molecule has 3 rings (SSSR count). The molecule has 0 bridgehead atoms. The van der Waals surface area contributed by atoms with Crippen molar-refractivity contribution in [3.8, 4) is 11.8 Å². The van der Waals surface area contributed by atoms with Gasteiger partial charge in [0.25, 0.3) is 0 Å². The molecule has 4 nitrogen and oxygen atoms in total. The summed E-state index contributed by atoms with van der Waals surface area (Å²) in [6.07, 6.45) is 0.587. The predicted molar refractivity (Wildman–Crippen MR) is 100 cm³/mol. The van der Waals surface area contributed by atoms with Gasteiger partial charge in [-0.1, -0.05) is 5.92 Å². The van der Waals surface area contributed by atoms with Gasteiger partial charge in [-0.05, 0) is 56.4 Å². The fourth-order valence-electron chi connectivity index (χ4n) is 2.63. The number of nitrogens with one attached hydrogen (secondary N) is 1. The van der Waals surface area contributed by atoms with Crippen LogP contribution in [0.2, 0.25) is 0 Å². The number of nitrogens with zero attached hydrogens (tertiary/aromatic N) is 3. The van der Waals surface area contributed by atoms with Gasteiger partial charge in [-0.2, -0.15) is 0 Å². The normalized spacial score (nSPS) is 15.6. The second-order valence-corrected chi connectivity index (χ2v) is 6.53. The number of halogens is 1. The summed E-state index contributed by atoms with van der Waals surface area (Å²) in [4.78, 5) is 11.7. The minimum atomic E-state index is -0.999. The third-order valence-electron chi connectivity index (χ3n) is 4.14. The molecule has 1 aromatic carbocycles.